The van der Waals surface area contributed by atoms with Gasteiger partial charge in [-0.1, -0.05) is 43.7 Å². The molecule has 4 rings (SSSR count). The Morgan fingerprint density at radius 2 is 2.00 bits per heavy atom. The Hall–Kier alpha value is -1.35. The van der Waals surface area contributed by atoms with Crippen molar-refractivity contribution in [1.82, 2.24) is 10.2 Å². The Morgan fingerprint density at radius 1 is 1.19 bits per heavy atom. The van der Waals surface area contributed by atoms with E-state index in [1.807, 2.05) is 6.07 Å². The first-order valence-electron chi connectivity index (χ1n) is 8.41. The van der Waals surface area contributed by atoms with Gasteiger partial charge >= 0.3 is 0 Å². The highest BCUT2D eigenvalue weighted by Crippen LogP contribution is 2.49. The van der Waals surface area contributed by atoms with Gasteiger partial charge < -0.3 is 4.90 Å². The van der Waals surface area contributed by atoms with E-state index in [-0.39, 0.29) is 12.2 Å². The van der Waals surface area contributed by atoms with E-state index in [9.17, 15) is 4.79 Å². The number of fused-ring (bicyclic) bond motifs is 2. The van der Waals surface area contributed by atoms with E-state index in [4.69, 9.17) is 0 Å². The zero-order valence-electron chi connectivity index (χ0n) is 12.7. The number of benzene rings is 1. The molecule has 1 aliphatic heterocycles. The first-order valence-corrected chi connectivity index (χ1v) is 8.41. The summed E-state index contributed by atoms with van der Waals surface area (Å²) in [5.41, 5.74) is 1.23. The third kappa shape index (κ3) is 2.10. The van der Waals surface area contributed by atoms with Gasteiger partial charge in [0.15, 0.2) is 0 Å². The molecule has 1 N–H and O–H groups in total. The molecule has 3 nitrogen and oxygen atoms in total. The lowest BCUT2D eigenvalue weighted by molar-refractivity contribution is -0.133. The van der Waals surface area contributed by atoms with Crippen molar-refractivity contribution in [3.8, 4) is 0 Å². The van der Waals surface area contributed by atoms with E-state index < -0.39 is 0 Å². The second-order valence-electron chi connectivity index (χ2n) is 6.93. The number of nitrogens with zero attached hydrogens (tertiary/aromatic N) is 1. The van der Waals surface area contributed by atoms with Crippen LogP contribution in [0.4, 0.5) is 0 Å². The van der Waals surface area contributed by atoms with Gasteiger partial charge in [0.05, 0.1) is 6.04 Å². The quantitative estimate of drug-likeness (QED) is 0.925. The minimum atomic E-state index is -0.00525. The predicted molar refractivity (Wildman–Crippen MR) is 82.5 cm³/mol. The third-order valence-electron chi connectivity index (χ3n) is 5.77. The number of amides is 1. The second kappa shape index (κ2) is 5.13. The van der Waals surface area contributed by atoms with Crippen molar-refractivity contribution in [3.05, 3.63) is 35.9 Å². The summed E-state index contributed by atoms with van der Waals surface area (Å²) in [6.07, 6.45) is 6.21. The monoisotopic (exact) mass is 284 g/mol. The molecular formula is C18H24N2O. The average Bonchev–Trinajstić information content (AvgIpc) is 3.21. The summed E-state index contributed by atoms with van der Waals surface area (Å²) >= 11 is 0. The molecule has 2 saturated carbocycles. The fourth-order valence-electron chi connectivity index (χ4n) is 4.74. The van der Waals surface area contributed by atoms with Crippen LogP contribution in [0.1, 0.15) is 50.8 Å². The summed E-state index contributed by atoms with van der Waals surface area (Å²) in [5.74, 6) is 1.93. The van der Waals surface area contributed by atoms with Gasteiger partial charge in [-0.3, -0.25) is 10.1 Å². The Labute approximate surface area is 126 Å². The molecule has 1 heterocycles. The molecule has 0 radical (unpaired) electrons. The van der Waals surface area contributed by atoms with Crippen molar-refractivity contribution in [2.75, 3.05) is 0 Å². The molecule has 5 atom stereocenters. The average molecular weight is 284 g/mol. The van der Waals surface area contributed by atoms with Crippen LogP contribution in [0.15, 0.2) is 30.3 Å². The highest BCUT2D eigenvalue weighted by molar-refractivity contribution is 5.85. The van der Waals surface area contributed by atoms with Crippen molar-refractivity contribution in [2.24, 2.45) is 11.8 Å². The molecule has 3 fully saturated rings. The molecule has 21 heavy (non-hydrogen) atoms. The molecule has 1 aromatic rings. The number of hydrogen-bond donors (Lipinski definition) is 1. The molecule has 1 amide bonds. The molecule has 0 spiro atoms. The molecular weight excluding hydrogens is 260 g/mol. The van der Waals surface area contributed by atoms with Crippen molar-refractivity contribution >= 4 is 5.91 Å². The van der Waals surface area contributed by atoms with Gasteiger partial charge in [0.1, 0.15) is 6.17 Å². The molecule has 1 aromatic carbocycles. The second-order valence-corrected chi connectivity index (χ2v) is 6.93. The van der Waals surface area contributed by atoms with Gasteiger partial charge in [-0.2, -0.15) is 0 Å². The van der Waals surface area contributed by atoms with Gasteiger partial charge in [-0.05, 0) is 43.1 Å². The minimum absolute atomic E-state index is 0.00525. The van der Waals surface area contributed by atoms with Crippen molar-refractivity contribution in [2.45, 2.75) is 57.3 Å². The summed E-state index contributed by atoms with van der Waals surface area (Å²) in [6, 6.07) is 10.9. The minimum Gasteiger partial charge on any atom is -0.318 e. The lowest BCUT2D eigenvalue weighted by atomic mass is 9.93. The summed E-state index contributed by atoms with van der Waals surface area (Å²) in [6.45, 7) is 2.10. The number of rotatable bonds is 3. The van der Waals surface area contributed by atoms with Crippen LogP contribution in [0.25, 0.3) is 0 Å². The highest BCUT2D eigenvalue weighted by Gasteiger charge is 2.50. The van der Waals surface area contributed by atoms with Crippen LogP contribution in [0, 0.1) is 11.8 Å². The first-order chi connectivity index (χ1) is 10.3. The molecule has 3 aliphatic rings. The topological polar surface area (TPSA) is 32.3 Å². The standard InChI is InChI=1S/C18H24N2O/c1-2-15-18(21)20(16-11-12-8-9-14(16)10-12)17(19-15)13-6-4-3-5-7-13/h3-7,12,14-17,19H,2,8-11H2,1H3. The van der Waals surface area contributed by atoms with Gasteiger partial charge in [-0.25, -0.2) is 0 Å². The lowest BCUT2D eigenvalue weighted by Gasteiger charge is -2.35. The molecule has 2 aliphatic carbocycles. The Bertz CT molecular complexity index is 529. The maximum absolute atomic E-state index is 12.8. The van der Waals surface area contributed by atoms with Crippen LogP contribution in [-0.4, -0.2) is 22.9 Å². The zero-order valence-corrected chi connectivity index (χ0v) is 12.7. The van der Waals surface area contributed by atoms with Crippen molar-refractivity contribution < 1.29 is 4.79 Å². The lowest BCUT2D eigenvalue weighted by Crippen LogP contribution is -2.43. The van der Waals surface area contributed by atoms with Crippen molar-refractivity contribution in [3.63, 3.8) is 0 Å². The van der Waals surface area contributed by atoms with Crippen LogP contribution in [0.5, 0.6) is 0 Å². The predicted octanol–water partition coefficient (Wildman–Crippen LogP) is 3.08. The zero-order chi connectivity index (χ0) is 14.4. The number of carbonyl (C=O) groups excluding carboxylic acids is 1. The summed E-state index contributed by atoms with van der Waals surface area (Å²) in [7, 11) is 0. The van der Waals surface area contributed by atoms with Gasteiger partial charge in [0.2, 0.25) is 5.91 Å². The van der Waals surface area contributed by atoms with Crippen molar-refractivity contribution in [1.29, 1.82) is 0 Å². The molecule has 112 valence electrons. The molecule has 2 bridgehead atoms. The van der Waals surface area contributed by atoms with Gasteiger partial charge in [0.25, 0.3) is 0 Å². The molecule has 1 saturated heterocycles. The van der Waals surface area contributed by atoms with E-state index in [2.05, 4.69) is 41.4 Å². The van der Waals surface area contributed by atoms with Gasteiger partial charge in [-0.15, -0.1) is 0 Å². The summed E-state index contributed by atoms with van der Waals surface area (Å²) < 4.78 is 0. The molecule has 5 unspecified atom stereocenters. The number of nitrogens with one attached hydrogen (secondary N) is 1. The van der Waals surface area contributed by atoms with Gasteiger partial charge in [0, 0.05) is 6.04 Å². The van der Waals surface area contributed by atoms with Crippen LogP contribution < -0.4 is 5.32 Å². The van der Waals surface area contributed by atoms with E-state index in [0.717, 1.165) is 18.3 Å². The Balaban J connectivity index is 1.66. The van der Waals surface area contributed by atoms with Crippen LogP contribution >= 0.6 is 0 Å². The van der Waals surface area contributed by atoms with E-state index >= 15 is 0 Å². The summed E-state index contributed by atoms with van der Waals surface area (Å²) in [4.78, 5) is 15.0. The smallest absolute Gasteiger partial charge is 0.241 e. The first kappa shape index (κ1) is 13.3. The highest BCUT2D eigenvalue weighted by atomic mass is 16.2. The maximum atomic E-state index is 12.8. The fraction of sp³-hybridized carbons (Fsp3) is 0.611. The van der Waals surface area contributed by atoms with E-state index in [0.29, 0.717) is 11.9 Å². The Morgan fingerprint density at radius 3 is 2.62 bits per heavy atom. The Kier molecular flexibility index (Phi) is 3.26. The SMILES string of the molecule is CCC1NC(c2ccccc2)N(C2CC3CCC2C3)C1=O. The molecule has 3 heteroatoms. The van der Waals surface area contributed by atoms with E-state index in [1.54, 1.807) is 0 Å². The third-order valence-corrected chi connectivity index (χ3v) is 5.77. The summed E-state index contributed by atoms with van der Waals surface area (Å²) in [5, 5.41) is 3.57. The largest absolute Gasteiger partial charge is 0.318 e. The van der Waals surface area contributed by atoms with Crippen LogP contribution in [0.3, 0.4) is 0 Å². The van der Waals surface area contributed by atoms with Crippen LogP contribution in [0.2, 0.25) is 0 Å². The maximum Gasteiger partial charge on any atom is 0.241 e. The fourth-order valence-corrected chi connectivity index (χ4v) is 4.74. The normalized spacial score (nSPS) is 38.4. The molecule has 0 aromatic heterocycles. The van der Waals surface area contributed by atoms with E-state index in [1.165, 1.54) is 31.2 Å². The van der Waals surface area contributed by atoms with Crippen LogP contribution in [-0.2, 0) is 4.79 Å². The number of hydrogen-bond acceptors (Lipinski definition) is 2. The number of carbonyl (C=O) groups is 1.